The summed E-state index contributed by atoms with van der Waals surface area (Å²) >= 11 is 0. The van der Waals surface area contributed by atoms with Gasteiger partial charge in [-0.15, -0.1) is 0 Å². The first-order valence-electron chi connectivity index (χ1n) is 14.3. The van der Waals surface area contributed by atoms with Crippen molar-refractivity contribution in [2.75, 3.05) is 37.8 Å². The zero-order valence-electron chi connectivity index (χ0n) is 25.7. The fourth-order valence-corrected chi connectivity index (χ4v) is 5.63. The third-order valence-electron chi connectivity index (χ3n) is 7.76. The van der Waals surface area contributed by atoms with Crippen molar-refractivity contribution >= 4 is 65.4 Å². The van der Waals surface area contributed by atoms with Crippen molar-refractivity contribution < 1.29 is 28.6 Å². The first-order chi connectivity index (χ1) is 21.2. The summed E-state index contributed by atoms with van der Waals surface area (Å²) in [6, 6.07) is 6.25. The average Bonchev–Trinajstić information content (AvgIpc) is 3.42. The molecule has 1 saturated heterocycles. The van der Waals surface area contributed by atoms with E-state index in [-0.39, 0.29) is 62.8 Å². The number of anilines is 2. The minimum atomic E-state index is -0.730. The number of primary amides is 2. The van der Waals surface area contributed by atoms with Crippen LogP contribution in [0.5, 0.6) is 11.5 Å². The highest BCUT2D eigenvalue weighted by atomic mass is 32.1. The first kappa shape index (κ1) is 32.3. The van der Waals surface area contributed by atoms with Gasteiger partial charge in [0.15, 0.2) is 0 Å². The smallest absolute Gasteiger partial charge is 0.410 e. The van der Waals surface area contributed by atoms with E-state index in [0.29, 0.717) is 46.7 Å². The lowest BCUT2D eigenvalue weighted by atomic mass is 9.81. The first-order valence-corrected chi connectivity index (χ1v) is 14.3. The van der Waals surface area contributed by atoms with Crippen molar-refractivity contribution in [3.63, 3.8) is 0 Å². The van der Waals surface area contributed by atoms with E-state index in [0.717, 1.165) is 0 Å². The van der Waals surface area contributed by atoms with Crippen molar-refractivity contribution in [3.8, 4) is 11.5 Å². The number of nitrogens with two attached hydrogens (primary N) is 4. The van der Waals surface area contributed by atoms with Crippen LogP contribution < -0.4 is 32.4 Å². The molecule has 2 aromatic carbocycles. The highest BCUT2D eigenvalue weighted by Gasteiger charge is 2.48. The van der Waals surface area contributed by atoms with Crippen LogP contribution in [0.2, 0.25) is 0 Å². The van der Waals surface area contributed by atoms with Gasteiger partial charge >= 0.3 is 6.09 Å². The number of hydrogen-bond donors (Lipinski definition) is 4. The number of ether oxygens (including phenoxy) is 3. The number of nitrogen functional groups attached to an aromatic ring is 2. The van der Waals surface area contributed by atoms with Gasteiger partial charge in [0.05, 0.1) is 16.4 Å². The molecule has 3 amide bonds. The van der Waals surface area contributed by atoms with Gasteiger partial charge in [0, 0.05) is 37.3 Å². The Morgan fingerprint density at radius 1 is 0.804 bits per heavy atom. The van der Waals surface area contributed by atoms with Crippen molar-refractivity contribution in [3.05, 3.63) is 47.5 Å². The van der Waals surface area contributed by atoms with Crippen LogP contribution in [0.4, 0.5) is 16.7 Å². The summed E-state index contributed by atoms with van der Waals surface area (Å²) in [4.78, 5) is 47.7. The Morgan fingerprint density at radius 2 is 1.24 bits per heavy atom. The number of benzene rings is 2. The highest BCUT2D eigenvalue weighted by Crippen LogP contribution is 2.38. The van der Waals surface area contributed by atoms with E-state index in [9.17, 15) is 14.4 Å². The lowest BCUT2D eigenvalue weighted by Crippen LogP contribution is -2.64. The third kappa shape index (κ3) is 5.94. The van der Waals surface area contributed by atoms with Gasteiger partial charge in [-0.3, -0.25) is 9.59 Å². The van der Waals surface area contributed by atoms with Gasteiger partial charge in [0.1, 0.15) is 41.3 Å². The maximum absolute atomic E-state index is 12.9. The minimum absolute atomic E-state index is 0. The Bertz CT molecular complexity index is 1790. The van der Waals surface area contributed by atoms with Crippen molar-refractivity contribution in [1.29, 1.82) is 0 Å². The Hall–Kier alpha value is -5.12. The van der Waals surface area contributed by atoms with Gasteiger partial charge in [0.2, 0.25) is 23.7 Å². The largest absolute Gasteiger partial charge is 0.490 e. The normalized spacial score (nSPS) is 16.7. The van der Waals surface area contributed by atoms with E-state index >= 15 is 0 Å². The van der Waals surface area contributed by atoms with E-state index < -0.39 is 28.9 Å². The zero-order valence-corrected chi connectivity index (χ0v) is 26.7. The van der Waals surface area contributed by atoms with Crippen LogP contribution in [-0.2, 0) is 17.8 Å². The molecule has 2 aromatic heterocycles. The molecule has 8 N–H and O–H groups in total. The van der Waals surface area contributed by atoms with Gasteiger partial charge in [-0.05, 0) is 45.0 Å². The molecular formula is C30H37N9O6S. The van der Waals surface area contributed by atoms with Crippen LogP contribution in [0.25, 0.3) is 22.1 Å². The van der Waals surface area contributed by atoms with E-state index in [1.54, 1.807) is 59.1 Å². The molecule has 0 unspecified atom stereocenters. The second-order valence-corrected chi connectivity index (χ2v) is 12.5. The molecule has 1 fully saturated rings. The molecule has 0 aliphatic carbocycles. The van der Waals surface area contributed by atoms with Gasteiger partial charge < -0.3 is 51.2 Å². The van der Waals surface area contributed by atoms with Crippen LogP contribution in [-0.4, -0.2) is 73.8 Å². The van der Waals surface area contributed by atoms with Gasteiger partial charge in [-0.1, -0.05) is 12.2 Å². The fourth-order valence-electron chi connectivity index (χ4n) is 5.63. The molecular weight excluding hydrogens is 614 g/mol. The molecule has 1 spiro atoms. The predicted octanol–water partition coefficient (Wildman–Crippen LogP) is 2.13. The van der Waals surface area contributed by atoms with E-state index in [1.165, 1.54) is 0 Å². The number of hydrogen-bond acceptors (Lipinski definition) is 10. The fraction of sp³-hybridized carbons (Fsp3) is 0.367. The number of likely N-dealkylation sites (tertiary alicyclic amines) is 1. The van der Waals surface area contributed by atoms with Crippen molar-refractivity contribution in [2.45, 2.75) is 39.5 Å². The molecule has 16 heteroatoms. The van der Waals surface area contributed by atoms with Crippen molar-refractivity contribution in [1.82, 2.24) is 24.0 Å². The predicted molar refractivity (Wildman–Crippen MR) is 176 cm³/mol. The van der Waals surface area contributed by atoms with Crippen LogP contribution in [0.1, 0.15) is 41.5 Å². The Morgan fingerprint density at radius 3 is 1.63 bits per heavy atom. The second kappa shape index (κ2) is 11.7. The molecule has 4 aromatic rings. The number of carbonyl (C=O) groups excluding carboxylic acids is 3. The summed E-state index contributed by atoms with van der Waals surface area (Å²) < 4.78 is 21.9. The quantitative estimate of drug-likeness (QED) is 0.231. The summed E-state index contributed by atoms with van der Waals surface area (Å²) in [5, 5.41) is 0. The average molecular weight is 652 g/mol. The maximum Gasteiger partial charge on any atom is 0.410 e. The topological polar surface area (TPSA) is 222 Å². The molecule has 0 atom stereocenters. The van der Waals surface area contributed by atoms with Crippen LogP contribution >= 0.6 is 13.5 Å². The minimum Gasteiger partial charge on any atom is -0.490 e. The van der Waals surface area contributed by atoms with E-state index in [1.807, 2.05) is 12.2 Å². The molecule has 15 nitrogen and oxygen atoms in total. The lowest BCUT2D eigenvalue weighted by Gasteiger charge is -2.49. The molecule has 6 rings (SSSR count). The monoisotopic (exact) mass is 651 g/mol. The molecule has 244 valence electrons. The maximum atomic E-state index is 12.9. The Kier molecular flexibility index (Phi) is 8.19. The molecule has 0 saturated carbocycles. The van der Waals surface area contributed by atoms with Gasteiger partial charge in [0.25, 0.3) is 0 Å². The molecule has 46 heavy (non-hydrogen) atoms. The SMILES string of the molecule is CC(C)(C)OC(=O)N1CC2(COc3cc(C(N)=O)cc4nc(N)n(c34)C/C=C/Cn3c(N)nc4cc(C(N)=O)cc(c43)OC2)C1.S. The highest BCUT2D eigenvalue weighted by molar-refractivity contribution is 7.59. The summed E-state index contributed by atoms with van der Waals surface area (Å²) in [7, 11) is 0. The molecule has 2 aliphatic heterocycles. The van der Waals surface area contributed by atoms with E-state index in [4.69, 9.17) is 37.1 Å². The molecule has 0 bridgehead atoms. The number of nitrogens with zero attached hydrogens (tertiary/aromatic N) is 5. The molecule has 2 aliphatic rings. The zero-order chi connectivity index (χ0) is 32.3. The summed E-state index contributed by atoms with van der Waals surface area (Å²) in [5.74, 6) is -0.160. The summed E-state index contributed by atoms with van der Waals surface area (Å²) in [6.07, 6.45) is 3.31. The number of carbonyl (C=O) groups is 3. The third-order valence-corrected chi connectivity index (χ3v) is 7.76. The Balaban J connectivity index is 0.00000417. The summed E-state index contributed by atoms with van der Waals surface area (Å²) in [5.41, 5.74) is 24.9. The standard InChI is InChI=1S/C30H35N9O6.H2S/c1-29(2,3)45-28(42)37-12-30(13-37)14-43-20-10-16(24(31)40)8-18-22(20)38(26(33)35-18)6-4-5-7-39-23-19(36-27(39)34)9-17(25(32)41)11-21(23)44-15-30;/h4-5,8-11H,6-7,12-15H2,1-3H3,(H2,31,40)(H2,32,41)(H2,33,35)(H2,34,36);1H2/b5-4+;. The molecule has 0 radical (unpaired) electrons. The number of rotatable bonds is 2. The van der Waals surface area contributed by atoms with Crippen LogP contribution in [0.3, 0.4) is 0 Å². The lowest BCUT2D eigenvalue weighted by molar-refractivity contribution is -0.0692. The number of amides is 3. The van der Waals surface area contributed by atoms with Gasteiger partial charge in [-0.2, -0.15) is 13.5 Å². The van der Waals surface area contributed by atoms with Gasteiger partial charge in [-0.25, -0.2) is 14.8 Å². The number of aromatic nitrogens is 4. The van der Waals surface area contributed by atoms with Crippen molar-refractivity contribution in [2.24, 2.45) is 16.9 Å². The second-order valence-electron chi connectivity index (χ2n) is 12.5. The van der Waals surface area contributed by atoms with Crippen LogP contribution in [0, 0.1) is 5.41 Å². The summed E-state index contributed by atoms with van der Waals surface area (Å²) in [6.45, 7) is 6.67. The Labute approximate surface area is 270 Å². The number of imidazole rings is 2. The van der Waals surface area contributed by atoms with E-state index in [2.05, 4.69) is 9.97 Å². The van der Waals surface area contributed by atoms with Crippen LogP contribution in [0.15, 0.2) is 36.4 Å². The molecule has 4 heterocycles. The number of allylic oxidation sites excluding steroid dienone is 2.